The largest absolute Gasteiger partial charge is 0.481 e. The lowest BCUT2D eigenvalue weighted by Crippen LogP contribution is -2.32. The summed E-state index contributed by atoms with van der Waals surface area (Å²) in [4.78, 5) is 24.0. The Kier molecular flexibility index (Phi) is 6.09. The second-order valence-corrected chi connectivity index (χ2v) is 8.50. The van der Waals surface area contributed by atoms with Gasteiger partial charge in [-0.1, -0.05) is 76.6 Å². The van der Waals surface area contributed by atoms with Crippen molar-refractivity contribution in [2.75, 3.05) is 6.61 Å². The van der Waals surface area contributed by atoms with Crippen LogP contribution in [-0.2, 0) is 9.53 Å². The summed E-state index contributed by atoms with van der Waals surface area (Å²) < 4.78 is 6.33. The topological polar surface area (TPSA) is 75.6 Å². The molecule has 0 saturated carbocycles. The van der Waals surface area contributed by atoms with E-state index in [4.69, 9.17) is 4.74 Å². The Morgan fingerprint density at radius 1 is 1.03 bits per heavy atom. The monoisotopic (exact) mass is 479 g/mol. The first kappa shape index (κ1) is 21.1. The third-order valence-electron chi connectivity index (χ3n) is 5.55. The average molecular weight is 480 g/mol. The van der Waals surface area contributed by atoms with Gasteiger partial charge >= 0.3 is 12.1 Å². The zero-order valence-corrected chi connectivity index (χ0v) is 18.6. The van der Waals surface area contributed by atoms with Crippen LogP contribution in [0, 0.1) is 6.92 Å². The summed E-state index contributed by atoms with van der Waals surface area (Å²) in [5, 5.41) is 12.0. The highest BCUT2D eigenvalue weighted by molar-refractivity contribution is 9.10. The fourth-order valence-corrected chi connectivity index (χ4v) is 4.88. The quantitative estimate of drug-likeness (QED) is 0.467. The highest BCUT2D eigenvalue weighted by Crippen LogP contribution is 2.44. The van der Waals surface area contributed by atoms with Gasteiger partial charge in [-0.3, -0.25) is 4.79 Å². The molecular formula is C25H22BrNO4. The summed E-state index contributed by atoms with van der Waals surface area (Å²) in [7, 11) is 0. The van der Waals surface area contributed by atoms with Crippen molar-refractivity contribution in [1.29, 1.82) is 0 Å². The van der Waals surface area contributed by atoms with Crippen LogP contribution in [0.5, 0.6) is 0 Å². The Bertz CT molecular complexity index is 1100. The zero-order chi connectivity index (χ0) is 22.0. The van der Waals surface area contributed by atoms with E-state index in [2.05, 4.69) is 45.5 Å². The normalized spacial score (nSPS) is 13.2. The van der Waals surface area contributed by atoms with Crippen molar-refractivity contribution >= 4 is 28.0 Å². The predicted octanol–water partition coefficient (Wildman–Crippen LogP) is 5.81. The van der Waals surface area contributed by atoms with Gasteiger partial charge in [0.25, 0.3) is 0 Å². The Hall–Kier alpha value is -3.12. The van der Waals surface area contributed by atoms with Crippen LogP contribution in [0.4, 0.5) is 4.79 Å². The number of rotatable bonds is 6. The van der Waals surface area contributed by atoms with Crippen LogP contribution >= 0.6 is 15.9 Å². The molecule has 0 aliphatic heterocycles. The van der Waals surface area contributed by atoms with Gasteiger partial charge in [0, 0.05) is 10.4 Å². The van der Waals surface area contributed by atoms with Gasteiger partial charge in [0.15, 0.2) is 0 Å². The molecule has 0 heterocycles. The number of carboxylic acids is 1. The molecular weight excluding hydrogens is 458 g/mol. The summed E-state index contributed by atoms with van der Waals surface area (Å²) in [5.41, 5.74) is 6.28. The number of halogens is 1. The number of hydrogen-bond donors (Lipinski definition) is 2. The maximum Gasteiger partial charge on any atom is 0.407 e. The minimum Gasteiger partial charge on any atom is -0.481 e. The Morgan fingerprint density at radius 3 is 2.23 bits per heavy atom. The molecule has 1 amide bonds. The summed E-state index contributed by atoms with van der Waals surface area (Å²) in [6, 6.07) is 21.1. The molecule has 5 nitrogen and oxygen atoms in total. The molecule has 0 radical (unpaired) electrons. The third kappa shape index (κ3) is 4.49. The smallest absolute Gasteiger partial charge is 0.407 e. The van der Waals surface area contributed by atoms with Crippen molar-refractivity contribution in [3.63, 3.8) is 0 Å². The van der Waals surface area contributed by atoms with E-state index in [1.54, 1.807) is 0 Å². The molecule has 0 spiro atoms. The summed E-state index contributed by atoms with van der Waals surface area (Å²) >= 11 is 3.47. The number of aliphatic carboxylic acids is 1. The molecule has 2 N–H and O–H groups in total. The highest BCUT2D eigenvalue weighted by Gasteiger charge is 2.29. The minimum atomic E-state index is -1.00. The molecule has 1 aliphatic carbocycles. The van der Waals surface area contributed by atoms with Gasteiger partial charge in [-0.05, 0) is 46.4 Å². The minimum absolute atomic E-state index is 0.0535. The van der Waals surface area contributed by atoms with Gasteiger partial charge in [-0.25, -0.2) is 4.79 Å². The third-order valence-corrected chi connectivity index (χ3v) is 6.23. The van der Waals surface area contributed by atoms with Crippen molar-refractivity contribution in [1.82, 2.24) is 5.32 Å². The molecule has 4 rings (SSSR count). The number of carbonyl (C=O) groups excluding carboxylic acids is 1. The highest BCUT2D eigenvalue weighted by atomic mass is 79.9. The molecule has 0 aromatic heterocycles. The number of amides is 1. The lowest BCUT2D eigenvalue weighted by molar-refractivity contribution is -0.137. The second kappa shape index (κ2) is 8.94. The van der Waals surface area contributed by atoms with Crippen molar-refractivity contribution < 1.29 is 19.4 Å². The first-order valence-corrected chi connectivity index (χ1v) is 10.8. The predicted molar refractivity (Wildman–Crippen MR) is 122 cm³/mol. The van der Waals surface area contributed by atoms with Gasteiger partial charge in [-0.2, -0.15) is 0 Å². The number of benzene rings is 3. The lowest BCUT2D eigenvalue weighted by Gasteiger charge is -2.20. The number of nitrogens with one attached hydrogen (secondary N) is 1. The first-order chi connectivity index (χ1) is 14.9. The molecule has 3 aromatic carbocycles. The number of fused-ring (bicyclic) bond motifs is 3. The van der Waals surface area contributed by atoms with Crippen LogP contribution < -0.4 is 5.32 Å². The number of ether oxygens (including phenoxy) is 1. The van der Waals surface area contributed by atoms with Crippen molar-refractivity contribution in [3.8, 4) is 11.1 Å². The van der Waals surface area contributed by atoms with Crippen LogP contribution in [0.25, 0.3) is 11.1 Å². The van der Waals surface area contributed by atoms with E-state index in [1.165, 1.54) is 0 Å². The van der Waals surface area contributed by atoms with Gasteiger partial charge < -0.3 is 15.2 Å². The molecule has 3 aromatic rings. The maximum atomic E-state index is 12.6. The maximum absolute atomic E-state index is 12.6. The van der Waals surface area contributed by atoms with E-state index in [1.807, 2.05) is 49.4 Å². The molecule has 0 bridgehead atoms. The number of hydrogen-bond acceptors (Lipinski definition) is 3. The van der Waals surface area contributed by atoms with Gasteiger partial charge in [-0.15, -0.1) is 0 Å². The molecule has 6 heteroatoms. The SMILES string of the molecule is Cc1ccc([C@H](CC(=O)O)NC(=O)OCC2c3ccccc3-c3ccccc32)c(Br)c1. The fraction of sp³-hybridized carbons (Fsp3) is 0.200. The fourth-order valence-electron chi connectivity index (χ4n) is 4.11. The van der Waals surface area contributed by atoms with Gasteiger partial charge in [0.1, 0.15) is 6.61 Å². The van der Waals surface area contributed by atoms with E-state index in [0.717, 1.165) is 32.3 Å². The molecule has 31 heavy (non-hydrogen) atoms. The molecule has 1 atom stereocenters. The molecule has 0 fully saturated rings. The van der Waals surface area contributed by atoms with Crippen LogP contribution in [0.1, 0.15) is 40.6 Å². The van der Waals surface area contributed by atoms with E-state index in [0.29, 0.717) is 5.56 Å². The Morgan fingerprint density at radius 2 is 1.65 bits per heavy atom. The van der Waals surface area contributed by atoms with Crippen LogP contribution in [-0.4, -0.2) is 23.8 Å². The average Bonchev–Trinajstić information content (AvgIpc) is 3.05. The van der Waals surface area contributed by atoms with Crippen molar-refractivity contribution in [3.05, 3.63) is 93.5 Å². The standard InChI is InChI=1S/C25H22BrNO4/c1-15-10-11-20(22(26)12-15)23(13-24(28)29)27-25(30)31-14-21-18-8-4-2-6-16(18)17-7-3-5-9-19(17)21/h2-12,21,23H,13-14H2,1H3,(H,27,30)(H,28,29)/t23-/m0/s1. The van der Waals surface area contributed by atoms with E-state index in [-0.39, 0.29) is 18.9 Å². The van der Waals surface area contributed by atoms with Crippen LogP contribution in [0.2, 0.25) is 0 Å². The summed E-state index contributed by atoms with van der Waals surface area (Å²) in [6.07, 6.45) is -0.883. The number of carbonyl (C=O) groups is 2. The molecule has 0 unspecified atom stereocenters. The molecule has 158 valence electrons. The number of alkyl carbamates (subject to hydrolysis) is 1. The Balaban J connectivity index is 1.50. The molecule has 1 aliphatic rings. The first-order valence-electron chi connectivity index (χ1n) is 10.0. The van der Waals surface area contributed by atoms with Crippen molar-refractivity contribution in [2.24, 2.45) is 0 Å². The number of carboxylic acid groups (broad SMARTS) is 1. The summed E-state index contributed by atoms with van der Waals surface area (Å²) in [6.45, 7) is 2.12. The van der Waals surface area contributed by atoms with Crippen LogP contribution in [0.3, 0.4) is 0 Å². The zero-order valence-electron chi connectivity index (χ0n) is 17.0. The Labute approximate surface area is 189 Å². The van der Waals surface area contributed by atoms with Crippen molar-refractivity contribution in [2.45, 2.75) is 25.3 Å². The molecule has 0 saturated heterocycles. The van der Waals surface area contributed by atoms with E-state index >= 15 is 0 Å². The summed E-state index contributed by atoms with van der Waals surface area (Å²) in [5.74, 6) is -1.06. The second-order valence-electron chi connectivity index (χ2n) is 7.65. The van der Waals surface area contributed by atoms with Crippen LogP contribution in [0.15, 0.2) is 71.2 Å². The lowest BCUT2D eigenvalue weighted by atomic mass is 9.98. The van der Waals surface area contributed by atoms with E-state index in [9.17, 15) is 14.7 Å². The van der Waals surface area contributed by atoms with Gasteiger partial charge in [0.2, 0.25) is 0 Å². The number of aryl methyl sites for hydroxylation is 1. The van der Waals surface area contributed by atoms with E-state index < -0.39 is 18.1 Å². The van der Waals surface area contributed by atoms with Gasteiger partial charge in [0.05, 0.1) is 12.5 Å².